The van der Waals surface area contributed by atoms with Gasteiger partial charge in [0.25, 0.3) is 0 Å². The van der Waals surface area contributed by atoms with E-state index in [2.05, 4.69) is 14.8 Å². The molecule has 3 rings (SSSR count). The largest absolute Gasteiger partial charge is 0.444 e. The lowest BCUT2D eigenvalue weighted by Gasteiger charge is -2.43. The molecule has 6 nitrogen and oxygen atoms in total. The van der Waals surface area contributed by atoms with Gasteiger partial charge in [-0.1, -0.05) is 11.6 Å². The highest BCUT2D eigenvalue weighted by Crippen LogP contribution is 2.24. The molecule has 2 aliphatic rings. The van der Waals surface area contributed by atoms with Gasteiger partial charge in [0.15, 0.2) is 0 Å². The molecule has 1 amide bonds. The maximum atomic E-state index is 12.2. The molecule has 0 saturated carbocycles. The predicted octanol–water partition coefficient (Wildman–Crippen LogP) is 3.26. The van der Waals surface area contributed by atoms with Crippen molar-refractivity contribution in [3.63, 3.8) is 0 Å². The van der Waals surface area contributed by atoms with Crippen LogP contribution in [0.5, 0.6) is 0 Å². The summed E-state index contributed by atoms with van der Waals surface area (Å²) in [6, 6.07) is 4.47. The number of carbonyl (C=O) groups is 1. The summed E-state index contributed by atoms with van der Waals surface area (Å²) in [6.07, 6.45) is 3.93. The highest BCUT2D eigenvalue weighted by Gasteiger charge is 2.30. The van der Waals surface area contributed by atoms with Gasteiger partial charge < -0.3 is 14.5 Å². The number of amides is 1. The van der Waals surface area contributed by atoms with Crippen molar-refractivity contribution in [1.82, 2.24) is 14.8 Å². The average molecular weight is 381 g/mol. The quantitative estimate of drug-likeness (QED) is 0.737. The van der Waals surface area contributed by atoms with E-state index < -0.39 is 5.60 Å². The number of nitrogens with zero attached hydrogens (tertiary/aromatic N) is 4. The molecule has 0 spiro atoms. The summed E-state index contributed by atoms with van der Waals surface area (Å²) in [5.41, 5.74) is 0.708. The van der Waals surface area contributed by atoms with Gasteiger partial charge >= 0.3 is 6.09 Å². The van der Waals surface area contributed by atoms with E-state index in [4.69, 9.17) is 16.3 Å². The van der Waals surface area contributed by atoms with E-state index in [1.807, 2.05) is 44.0 Å². The van der Waals surface area contributed by atoms with Crippen LogP contribution in [0.25, 0.3) is 0 Å². The smallest absolute Gasteiger partial charge is 0.410 e. The third kappa shape index (κ3) is 5.01. The fraction of sp³-hybridized carbons (Fsp3) is 0.684. The second-order valence-corrected chi connectivity index (χ2v) is 8.45. The first-order valence-corrected chi connectivity index (χ1v) is 9.78. The lowest BCUT2D eigenvalue weighted by Crippen LogP contribution is -2.55. The van der Waals surface area contributed by atoms with Gasteiger partial charge in [-0.15, -0.1) is 0 Å². The van der Waals surface area contributed by atoms with Crippen LogP contribution in [0.15, 0.2) is 18.3 Å². The van der Waals surface area contributed by atoms with Crippen LogP contribution in [-0.4, -0.2) is 71.8 Å². The van der Waals surface area contributed by atoms with Crippen molar-refractivity contribution in [2.24, 2.45) is 0 Å². The molecule has 1 aromatic rings. The SMILES string of the molecule is CC(C)(C)OC(=O)N1CCN(C2CCN(c3ccc(Cl)nc3)CC2)CC1. The second-order valence-electron chi connectivity index (χ2n) is 8.06. The van der Waals surface area contributed by atoms with Crippen molar-refractivity contribution in [2.75, 3.05) is 44.2 Å². The first-order chi connectivity index (χ1) is 12.3. The van der Waals surface area contributed by atoms with Crippen LogP contribution in [0, 0.1) is 0 Å². The number of carbonyl (C=O) groups excluding carboxylic acids is 1. The molecular weight excluding hydrogens is 352 g/mol. The Kier molecular flexibility index (Phi) is 5.92. The summed E-state index contributed by atoms with van der Waals surface area (Å²) in [4.78, 5) is 23.1. The van der Waals surface area contributed by atoms with E-state index in [0.29, 0.717) is 11.2 Å². The van der Waals surface area contributed by atoms with E-state index in [-0.39, 0.29) is 6.09 Å². The fourth-order valence-electron chi connectivity index (χ4n) is 3.64. The molecule has 0 bridgehead atoms. The third-order valence-electron chi connectivity index (χ3n) is 5.02. The molecule has 26 heavy (non-hydrogen) atoms. The molecule has 0 aromatic carbocycles. The summed E-state index contributed by atoms with van der Waals surface area (Å²) in [5.74, 6) is 0. The van der Waals surface area contributed by atoms with E-state index >= 15 is 0 Å². The number of hydrogen-bond acceptors (Lipinski definition) is 5. The van der Waals surface area contributed by atoms with Crippen LogP contribution in [0.1, 0.15) is 33.6 Å². The predicted molar refractivity (Wildman–Crippen MR) is 104 cm³/mol. The first-order valence-electron chi connectivity index (χ1n) is 9.40. The molecule has 1 aromatic heterocycles. The molecule has 2 fully saturated rings. The minimum Gasteiger partial charge on any atom is -0.444 e. The van der Waals surface area contributed by atoms with Gasteiger partial charge in [0.05, 0.1) is 11.9 Å². The highest BCUT2D eigenvalue weighted by molar-refractivity contribution is 6.29. The number of anilines is 1. The zero-order chi connectivity index (χ0) is 18.7. The third-order valence-corrected chi connectivity index (χ3v) is 5.25. The Hall–Kier alpha value is -1.53. The Morgan fingerprint density at radius 2 is 1.77 bits per heavy atom. The Morgan fingerprint density at radius 1 is 1.12 bits per heavy atom. The Balaban J connectivity index is 1.45. The van der Waals surface area contributed by atoms with Crippen molar-refractivity contribution in [2.45, 2.75) is 45.3 Å². The van der Waals surface area contributed by atoms with Crippen molar-refractivity contribution < 1.29 is 9.53 Å². The zero-order valence-corrected chi connectivity index (χ0v) is 16.7. The number of halogens is 1. The summed E-state index contributed by atoms with van der Waals surface area (Å²) >= 11 is 5.87. The number of aromatic nitrogens is 1. The molecule has 0 aliphatic carbocycles. The lowest BCUT2D eigenvalue weighted by molar-refractivity contribution is 0.00902. The maximum Gasteiger partial charge on any atom is 0.410 e. The molecule has 0 unspecified atom stereocenters. The molecule has 2 saturated heterocycles. The van der Waals surface area contributed by atoms with E-state index in [1.54, 1.807) is 0 Å². The standard InChI is InChI=1S/C19H29ClN4O2/c1-19(2,3)26-18(25)24-12-10-23(11-13-24)15-6-8-22(9-7-15)16-4-5-17(20)21-14-16/h4-5,14-15H,6-13H2,1-3H3. The average Bonchev–Trinajstić information content (AvgIpc) is 2.61. The molecule has 144 valence electrons. The number of pyridine rings is 1. The lowest BCUT2D eigenvalue weighted by atomic mass is 10.0. The van der Waals surface area contributed by atoms with Crippen molar-refractivity contribution >= 4 is 23.4 Å². The molecule has 0 atom stereocenters. The molecule has 7 heteroatoms. The maximum absolute atomic E-state index is 12.2. The van der Waals surface area contributed by atoms with Crippen LogP contribution in [0.2, 0.25) is 5.15 Å². The van der Waals surface area contributed by atoms with Crippen LogP contribution in [0.3, 0.4) is 0 Å². The molecule has 0 radical (unpaired) electrons. The van der Waals surface area contributed by atoms with Gasteiger partial charge in [0.2, 0.25) is 0 Å². The monoisotopic (exact) mass is 380 g/mol. The minimum absolute atomic E-state index is 0.192. The van der Waals surface area contributed by atoms with Gasteiger partial charge in [-0.2, -0.15) is 0 Å². The van der Waals surface area contributed by atoms with Crippen molar-refractivity contribution in [3.8, 4) is 0 Å². The van der Waals surface area contributed by atoms with Gasteiger partial charge in [0.1, 0.15) is 10.8 Å². The van der Waals surface area contributed by atoms with E-state index in [0.717, 1.165) is 57.8 Å². The van der Waals surface area contributed by atoms with Gasteiger partial charge in [-0.3, -0.25) is 4.90 Å². The fourth-order valence-corrected chi connectivity index (χ4v) is 3.75. The van der Waals surface area contributed by atoms with Crippen molar-refractivity contribution in [3.05, 3.63) is 23.5 Å². The highest BCUT2D eigenvalue weighted by atomic mass is 35.5. The van der Waals surface area contributed by atoms with E-state index in [9.17, 15) is 4.79 Å². The summed E-state index contributed by atoms with van der Waals surface area (Å²) in [6.45, 7) is 11.1. The molecule has 0 N–H and O–H groups in total. The Morgan fingerprint density at radius 3 is 2.31 bits per heavy atom. The number of rotatable bonds is 2. The zero-order valence-electron chi connectivity index (χ0n) is 15.9. The molecule has 3 heterocycles. The van der Waals surface area contributed by atoms with Crippen LogP contribution < -0.4 is 4.90 Å². The van der Waals surface area contributed by atoms with Gasteiger partial charge in [-0.05, 0) is 45.7 Å². The summed E-state index contributed by atoms with van der Waals surface area (Å²) in [7, 11) is 0. The number of piperidine rings is 1. The number of piperazine rings is 1. The Bertz CT molecular complexity index is 601. The van der Waals surface area contributed by atoms with Crippen LogP contribution in [-0.2, 0) is 4.74 Å². The van der Waals surface area contributed by atoms with Crippen LogP contribution in [0.4, 0.5) is 10.5 Å². The first kappa shape index (κ1) is 19.2. The molecule has 2 aliphatic heterocycles. The summed E-state index contributed by atoms with van der Waals surface area (Å²) in [5, 5.41) is 0.534. The van der Waals surface area contributed by atoms with Crippen molar-refractivity contribution in [1.29, 1.82) is 0 Å². The molecular formula is C19H29ClN4O2. The number of ether oxygens (including phenoxy) is 1. The normalized spacial score (nSPS) is 20.3. The van der Waals surface area contributed by atoms with Crippen LogP contribution >= 0.6 is 11.6 Å². The van der Waals surface area contributed by atoms with Gasteiger partial charge in [0, 0.05) is 45.3 Å². The van der Waals surface area contributed by atoms with Gasteiger partial charge in [-0.25, -0.2) is 9.78 Å². The second kappa shape index (κ2) is 8.01. The minimum atomic E-state index is -0.433. The Labute approximate surface area is 161 Å². The summed E-state index contributed by atoms with van der Waals surface area (Å²) < 4.78 is 5.48. The topological polar surface area (TPSA) is 48.9 Å². The number of hydrogen-bond donors (Lipinski definition) is 0. The van der Waals surface area contributed by atoms with E-state index in [1.165, 1.54) is 0 Å².